The summed E-state index contributed by atoms with van der Waals surface area (Å²) in [4.78, 5) is 28.8. The van der Waals surface area contributed by atoms with Crippen LogP contribution in [0.15, 0.2) is 58.8 Å². The molecule has 0 saturated heterocycles. The Bertz CT molecular complexity index is 1660. The van der Waals surface area contributed by atoms with Crippen molar-refractivity contribution in [2.45, 2.75) is 91.9 Å². The van der Waals surface area contributed by atoms with Gasteiger partial charge < -0.3 is 42.4 Å². The molecule has 2 aromatic heterocycles. The van der Waals surface area contributed by atoms with Crippen LogP contribution in [0.4, 0.5) is 52.8 Å². The summed E-state index contributed by atoms with van der Waals surface area (Å²) in [5, 5.41) is 22.3. The van der Waals surface area contributed by atoms with E-state index in [0.29, 0.717) is 48.7 Å². The second-order valence-electron chi connectivity index (χ2n) is 14.2. The quantitative estimate of drug-likeness (QED) is 0.0235. The van der Waals surface area contributed by atoms with E-state index in [9.17, 15) is 0 Å². The van der Waals surface area contributed by atoms with Crippen LogP contribution in [0, 0.1) is 11.8 Å². The second-order valence-corrected chi connectivity index (χ2v) is 14.2. The first-order chi connectivity index (χ1) is 27.8. The molecule has 8 N–H and O–H groups in total. The summed E-state index contributed by atoms with van der Waals surface area (Å²) >= 11 is 0. The number of hydrogen-bond donors (Lipinski definition) is 6. The van der Waals surface area contributed by atoms with Gasteiger partial charge in [0.25, 0.3) is 0 Å². The molecule has 0 bridgehead atoms. The largest absolute Gasteiger partial charge is 0.497 e. The van der Waals surface area contributed by atoms with Gasteiger partial charge in [0, 0.05) is 45.0 Å². The number of nitrogens with two attached hydrogens (primary N) is 2. The summed E-state index contributed by atoms with van der Waals surface area (Å²) in [6, 6.07) is 15.6. The van der Waals surface area contributed by atoms with E-state index in [4.69, 9.17) is 16.2 Å². The van der Waals surface area contributed by atoms with Crippen LogP contribution in [-0.4, -0.2) is 76.3 Å². The number of methoxy groups -OCH3 is 1. The van der Waals surface area contributed by atoms with E-state index in [0.717, 1.165) is 74.7 Å². The lowest BCUT2D eigenvalue weighted by atomic mass is 9.99. The van der Waals surface area contributed by atoms with E-state index in [-0.39, 0.29) is 11.9 Å². The molecule has 2 unspecified atom stereocenters. The average molecular weight is 784 g/mol. The molecule has 0 spiro atoms. The van der Waals surface area contributed by atoms with Crippen molar-refractivity contribution in [3.8, 4) is 5.75 Å². The van der Waals surface area contributed by atoms with Crippen molar-refractivity contribution in [1.82, 2.24) is 29.9 Å². The minimum Gasteiger partial charge on any atom is -0.497 e. The number of anilines is 7. The number of unbranched alkanes of at least 4 members (excludes halogenated alkanes) is 2. The Hall–Kier alpha value is -5.54. The van der Waals surface area contributed by atoms with Crippen molar-refractivity contribution < 1.29 is 4.74 Å². The zero-order valence-electron chi connectivity index (χ0n) is 34.7. The van der Waals surface area contributed by atoms with Gasteiger partial charge in [-0.15, -0.1) is 0 Å². The minimum atomic E-state index is 0.190. The highest BCUT2D eigenvalue weighted by Crippen LogP contribution is 2.24. The number of benzene rings is 2. The molecule has 2 aromatic carbocycles. The van der Waals surface area contributed by atoms with E-state index in [1.54, 1.807) is 7.11 Å². The molecule has 0 aliphatic rings. The number of azo groups is 1. The Kier molecular flexibility index (Phi) is 19.3. The monoisotopic (exact) mass is 784 g/mol. The van der Waals surface area contributed by atoms with E-state index < -0.39 is 0 Å². The lowest BCUT2D eigenvalue weighted by molar-refractivity contribution is 0.415. The molecular formula is C41H65N15O. The molecule has 0 aliphatic carbocycles. The van der Waals surface area contributed by atoms with Gasteiger partial charge in [-0.05, 0) is 86.1 Å². The molecule has 0 fully saturated rings. The Balaban J connectivity index is 1.36. The molecule has 16 nitrogen and oxygen atoms in total. The number of nitrogens with one attached hydrogen (secondary N) is 4. The van der Waals surface area contributed by atoms with Crippen LogP contribution < -0.4 is 42.4 Å². The Morgan fingerprint density at radius 3 is 1.40 bits per heavy atom. The number of nitrogen functional groups attached to an aromatic ring is 2. The minimum absolute atomic E-state index is 0.190. The molecule has 0 saturated carbocycles. The topological polar surface area (TPSA) is 215 Å². The zero-order valence-corrected chi connectivity index (χ0v) is 34.7. The Morgan fingerprint density at radius 2 is 1.00 bits per heavy atom. The normalized spacial score (nSPS) is 12.3. The highest BCUT2D eigenvalue weighted by Gasteiger charge is 2.12. The zero-order chi connectivity index (χ0) is 40.7. The summed E-state index contributed by atoms with van der Waals surface area (Å²) in [6.07, 6.45) is 11.0. The molecule has 4 rings (SSSR count). The summed E-state index contributed by atoms with van der Waals surface area (Å²) in [5.41, 5.74) is 14.7. The third-order valence-electron chi connectivity index (χ3n) is 9.83. The van der Waals surface area contributed by atoms with Gasteiger partial charge >= 0.3 is 0 Å². The van der Waals surface area contributed by atoms with E-state index in [1.807, 2.05) is 36.4 Å². The van der Waals surface area contributed by atoms with Gasteiger partial charge in [-0.2, -0.15) is 40.1 Å². The standard InChI is InChI=1S/C41H65N15O/c1-6-10-14-30(8-3)28-46-40-50-36(42)48-38(52-40)44-24-12-26-56(34-20-16-32(17-21-34)54-55-33-18-22-35(57-5)23-19-33)27-13-25-45-39-49-37(43)51-41(53-39)47-29-31(9-4)15-11-7-2/h16-23,30-31H,6-15,24-29H2,1-5H3,(H4,42,44,46,48,50,52)(H4,43,45,47,49,51,53)/b55-54+. The highest BCUT2D eigenvalue weighted by atomic mass is 16.5. The predicted molar refractivity (Wildman–Crippen MR) is 234 cm³/mol. The van der Waals surface area contributed by atoms with Gasteiger partial charge in [-0.3, -0.25) is 0 Å². The number of aromatic nitrogens is 6. The first-order valence-corrected chi connectivity index (χ1v) is 20.7. The molecule has 310 valence electrons. The van der Waals surface area contributed by atoms with Crippen molar-refractivity contribution >= 4 is 52.8 Å². The lowest BCUT2D eigenvalue weighted by Crippen LogP contribution is -2.28. The molecule has 2 atom stereocenters. The van der Waals surface area contributed by atoms with Gasteiger partial charge in [0.15, 0.2) is 0 Å². The molecule has 4 aromatic rings. The van der Waals surface area contributed by atoms with Crippen LogP contribution in [0.5, 0.6) is 5.75 Å². The first kappa shape index (κ1) is 44.2. The van der Waals surface area contributed by atoms with E-state index in [2.05, 4.69) is 106 Å². The summed E-state index contributed by atoms with van der Waals surface area (Å²) in [6.45, 7) is 13.4. The van der Waals surface area contributed by atoms with Gasteiger partial charge in [0.1, 0.15) is 5.75 Å². The molecular weight excluding hydrogens is 719 g/mol. The molecule has 0 aliphatic heterocycles. The van der Waals surface area contributed by atoms with Crippen molar-refractivity contribution in [3.63, 3.8) is 0 Å². The fourth-order valence-electron chi connectivity index (χ4n) is 6.26. The van der Waals surface area contributed by atoms with Gasteiger partial charge in [0.2, 0.25) is 35.7 Å². The van der Waals surface area contributed by atoms with Crippen molar-refractivity contribution in [3.05, 3.63) is 48.5 Å². The van der Waals surface area contributed by atoms with E-state index in [1.165, 1.54) is 38.5 Å². The summed E-state index contributed by atoms with van der Waals surface area (Å²) in [5.74, 6) is 4.21. The molecule has 0 amide bonds. The van der Waals surface area contributed by atoms with Crippen molar-refractivity contribution in [1.29, 1.82) is 0 Å². The van der Waals surface area contributed by atoms with Crippen LogP contribution in [0.2, 0.25) is 0 Å². The second kappa shape index (κ2) is 24.9. The number of hydrogen-bond acceptors (Lipinski definition) is 16. The highest BCUT2D eigenvalue weighted by molar-refractivity contribution is 5.53. The maximum Gasteiger partial charge on any atom is 0.229 e. The van der Waals surface area contributed by atoms with Crippen LogP contribution in [0.25, 0.3) is 0 Å². The Morgan fingerprint density at radius 1 is 0.579 bits per heavy atom. The van der Waals surface area contributed by atoms with Crippen LogP contribution >= 0.6 is 0 Å². The maximum atomic E-state index is 6.06. The third-order valence-corrected chi connectivity index (χ3v) is 9.83. The average Bonchev–Trinajstić information content (AvgIpc) is 3.22. The SMILES string of the molecule is CCCCC(CC)CNc1nc(N)nc(NCCCN(CCCNc2nc(N)nc(NCC(CC)CCCC)n2)c2ccc(/N=N/c3ccc(OC)cc3)cc2)n1. The lowest BCUT2D eigenvalue weighted by Gasteiger charge is -2.25. The number of rotatable bonds is 28. The number of ether oxygens (including phenoxy) is 1. The third kappa shape index (κ3) is 16.2. The van der Waals surface area contributed by atoms with Gasteiger partial charge in [0.05, 0.1) is 18.5 Å². The molecule has 2 heterocycles. The fraction of sp³-hybridized carbons (Fsp3) is 0.561. The summed E-state index contributed by atoms with van der Waals surface area (Å²) in [7, 11) is 1.64. The van der Waals surface area contributed by atoms with Crippen LogP contribution in [0.1, 0.15) is 91.9 Å². The molecule has 57 heavy (non-hydrogen) atoms. The van der Waals surface area contributed by atoms with Crippen molar-refractivity contribution in [2.75, 3.05) is 84.0 Å². The molecule has 16 heteroatoms. The molecule has 0 radical (unpaired) electrons. The first-order valence-electron chi connectivity index (χ1n) is 20.7. The number of nitrogens with zero attached hydrogens (tertiary/aromatic N) is 9. The smallest absolute Gasteiger partial charge is 0.229 e. The van der Waals surface area contributed by atoms with Gasteiger partial charge in [-0.25, -0.2) is 0 Å². The van der Waals surface area contributed by atoms with Crippen molar-refractivity contribution in [2.24, 2.45) is 22.1 Å². The predicted octanol–water partition coefficient (Wildman–Crippen LogP) is 8.71. The van der Waals surface area contributed by atoms with Gasteiger partial charge in [-0.1, -0.05) is 66.2 Å². The van der Waals surface area contributed by atoms with Crippen LogP contribution in [-0.2, 0) is 0 Å². The Labute approximate surface area is 339 Å². The van der Waals surface area contributed by atoms with E-state index >= 15 is 0 Å². The fourth-order valence-corrected chi connectivity index (χ4v) is 6.26. The van der Waals surface area contributed by atoms with Crippen LogP contribution in [0.3, 0.4) is 0 Å². The maximum absolute atomic E-state index is 6.06. The summed E-state index contributed by atoms with van der Waals surface area (Å²) < 4.78 is 5.24.